The zero-order chi connectivity index (χ0) is 19.7. The second-order valence-electron chi connectivity index (χ2n) is 7.16. The van der Waals surface area contributed by atoms with Crippen LogP contribution in [0.5, 0.6) is 5.75 Å². The van der Waals surface area contributed by atoms with Crippen LogP contribution in [0.4, 0.5) is 0 Å². The normalized spacial score (nSPS) is 16.8. The van der Waals surface area contributed by atoms with Crippen LogP contribution in [0.3, 0.4) is 0 Å². The van der Waals surface area contributed by atoms with Crippen molar-refractivity contribution in [1.82, 2.24) is 19.5 Å². The molecule has 146 valence electrons. The molecule has 0 radical (unpaired) electrons. The second kappa shape index (κ2) is 7.71. The molecule has 28 heavy (non-hydrogen) atoms. The molecule has 1 fully saturated rings. The van der Waals surface area contributed by atoms with Crippen molar-refractivity contribution in [3.63, 3.8) is 0 Å². The fraction of sp³-hybridized carbons (Fsp3) is 0.400. The summed E-state index contributed by atoms with van der Waals surface area (Å²) in [4.78, 5) is 32.0. The number of amides is 1. The van der Waals surface area contributed by atoms with Crippen LogP contribution in [0.2, 0.25) is 0 Å². The van der Waals surface area contributed by atoms with E-state index in [9.17, 15) is 9.59 Å². The van der Waals surface area contributed by atoms with Crippen molar-refractivity contribution in [3.8, 4) is 5.75 Å². The van der Waals surface area contributed by atoms with Gasteiger partial charge in [0.1, 0.15) is 10.8 Å². The molecule has 1 saturated heterocycles. The van der Waals surface area contributed by atoms with Gasteiger partial charge in [-0.15, -0.1) is 0 Å². The summed E-state index contributed by atoms with van der Waals surface area (Å²) in [6.45, 7) is 4.66. The van der Waals surface area contributed by atoms with Crippen molar-refractivity contribution in [2.24, 2.45) is 0 Å². The number of hydrogen-bond acceptors (Lipinski definition) is 6. The average molecular weight is 398 g/mol. The highest BCUT2D eigenvalue weighted by Gasteiger charge is 2.33. The Labute approximate surface area is 166 Å². The monoisotopic (exact) mass is 398 g/mol. The third-order valence-corrected chi connectivity index (χ3v) is 5.85. The highest BCUT2D eigenvalue weighted by molar-refractivity contribution is 7.16. The zero-order valence-corrected chi connectivity index (χ0v) is 16.7. The summed E-state index contributed by atoms with van der Waals surface area (Å²) in [7, 11) is 0. The first-order valence-electron chi connectivity index (χ1n) is 9.41. The molecule has 0 N–H and O–H groups in total. The molecule has 1 aliphatic heterocycles. The van der Waals surface area contributed by atoms with Crippen LogP contribution in [-0.2, 0) is 4.79 Å². The number of hydrogen-bond donors (Lipinski definition) is 0. The molecule has 0 aliphatic carbocycles. The lowest BCUT2D eigenvalue weighted by atomic mass is 10.1. The predicted molar refractivity (Wildman–Crippen MR) is 107 cm³/mol. The van der Waals surface area contributed by atoms with Crippen molar-refractivity contribution < 1.29 is 9.53 Å². The van der Waals surface area contributed by atoms with E-state index >= 15 is 0 Å². The van der Waals surface area contributed by atoms with Gasteiger partial charge in [0.05, 0.1) is 11.7 Å². The van der Waals surface area contributed by atoms with Crippen LogP contribution in [0.1, 0.15) is 49.4 Å². The number of carbonyl (C=O) groups is 1. The SMILES string of the molecule is CC(C)c1cc(=O)n2nc([C@H]3CCCN3C(=O)COc3ccccc3)sc2n1. The largest absolute Gasteiger partial charge is 0.484 e. The molecule has 1 aromatic carbocycles. The standard InChI is InChI=1S/C20H22N4O3S/c1-13(2)15-11-17(25)24-20(21-15)28-19(22-24)16-9-6-10-23(16)18(26)12-27-14-7-4-3-5-8-14/h3-5,7-8,11,13,16H,6,9-10,12H2,1-2H3/t16-/m1/s1. The Kier molecular flexibility index (Phi) is 5.13. The van der Waals surface area contributed by atoms with E-state index in [1.165, 1.54) is 21.9 Å². The van der Waals surface area contributed by atoms with Crippen LogP contribution in [0, 0.1) is 0 Å². The number of likely N-dealkylation sites (tertiary alicyclic amines) is 1. The van der Waals surface area contributed by atoms with Gasteiger partial charge in [0, 0.05) is 12.6 Å². The lowest BCUT2D eigenvalue weighted by Crippen LogP contribution is -2.34. The topological polar surface area (TPSA) is 76.8 Å². The molecule has 1 amide bonds. The minimum atomic E-state index is -0.181. The molecule has 1 aliphatic rings. The Morgan fingerprint density at radius 1 is 1.32 bits per heavy atom. The number of carbonyl (C=O) groups excluding carboxylic acids is 1. The van der Waals surface area contributed by atoms with E-state index in [1.54, 1.807) is 4.90 Å². The van der Waals surface area contributed by atoms with Gasteiger partial charge in [0.15, 0.2) is 6.61 Å². The Morgan fingerprint density at radius 2 is 2.11 bits per heavy atom. The van der Waals surface area contributed by atoms with E-state index in [1.807, 2.05) is 44.2 Å². The van der Waals surface area contributed by atoms with E-state index in [2.05, 4.69) is 10.1 Å². The lowest BCUT2D eigenvalue weighted by Gasteiger charge is -2.22. The lowest BCUT2D eigenvalue weighted by molar-refractivity contribution is -0.134. The number of rotatable bonds is 5. The highest BCUT2D eigenvalue weighted by atomic mass is 32.1. The molecule has 0 unspecified atom stereocenters. The predicted octanol–water partition coefficient (Wildman–Crippen LogP) is 3.02. The number of nitrogens with zero attached hydrogens (tertiary/aromatic N) is 4. The number of benzene rings is 1. The molecule has 3 heterocycles. The van der Waals surface area contributed by atoms with Gasteiger partial charge >= 0.3 is 0 Å². The van der Waals surface area contributed by atoms with Crippen LogP contribution in [0.25, 0.3) is 4.96 Å². The molecule has 1 atom stereocenters. The quantitative estimate of drug-likeness (QED) is 0.660. The molecule has 0 saturated carbocycles. The van der Waals surface area contributed by atoms with E-state index in [0.29, 0.717) is 17.3 Å². The minimum Gasteiger partial charge on any atom is -0.484 e. The summed E-state index contributed by atoms with van der Waals surface area (Å²) in [5.74, 6) is 0.764. The first-order valence-corrected chi connectivity index (χ1v) is 10.2. The van der Waals surface area contributed by atoms with E-state index < -0.39 is 0 Å². The first-order chi connectivity index (χ1) is 13.5. The van der Waals surface area contributed by atoms with Gasteiger partial charge in [-0.3, -0.25) is 9.59 Å². The summed E-state index contributed by atoms with van der Waals surface area (Å²) in [6, 6.07) is 10.7. The van der Waals surface area contributed by atoms with E-state index in [0.717, 1.165) is 23.5 Å². The van der Waals surface area contributed by atoms with Gasteiger partial charge in [-0.1, -0.05) is 43.4 Å². The second-order valence-corrected chi connectivity index (χ2v) is 8.14. The van der Waals surface area contributed by atoms with Crippen molar-refractivity contribution in [2.75, 3.05) is 13.2 Å². The summed E-state index contributed by atoms with van der Waals surface area (Å²) in [5, 5.41) is 5.22. The number of para-hydroxylation sites is 1. The van der Waals surface area contributed by atoms with Gasteiger partial charge in [0.25, 0.3) is 11.5 Å². The Balaban J connectivity index is 1.55. The maximum atomic E-state index is 12.7. The zero-order valence-electron chi connectivity index (χ0n) is 15.9. The highest BCUT2D eigenvalue weighted by Crippen LogP contribution is 2.34. The Hall–Kier alpha value is -2.74. The minimum absolute atomic E-state index is 0.0128. The molecule has 0 spiro atoms. The molecule has 0 bridgehead atoms. The smallest absolute Gasteiger partial charge is 0.275 e. The summed E-state index contributed by atoms with van der Waals surface area (Å²) in [5.41, 5.74) is 0.579. The Morgan fingerprint density at radius 3 is 2.86 bits per heavy atom. The molecular weight excluding hydrogens is 376 g/mol. The fourth-order valence-electron chi connectivity index (χ4n) is 3.34. The molecule has 4 rings (SSSR count). The van der Waals surface area contributed by atoms with E-state index in [4.69, 9.17) is 4.74 Å². The summed E-state index contributed by atoms with van der Waals surface area (Å²) < 4.78 is 6.95. The van der Waals surface area contributed by atoms with Crippen LogP contribution >= 0.6 is 11.3 Å². The van der Waals surface area contributed by atoms with Gasteiger partial charge in [0.2, 0.25) is 4.96 Å². The Bertz CT molecular complexity index is 1040. The number of aromatic nitrogens is 3. The molecule has 3 aromatic rings. The molecular formula is C20H22N4O3S. The van der Waals surface area contributed by atoms with Gasteiger partial charge in [-0.05, 0) is 30.9 Å². The molecule has 8 heteroatoms. The first kappa shape index (κ1) is 18.6. The van der Waals surface area contributed by atoms with Crippen molar-refractivity contribution in [3.05, 3.63) is 57.5 Å². The van der Waals surface area contributed by atoms with Crippen molar-refractivity contribution in [1.29, 1.82) is 0 Å². The average Bonchev–Trinajstić information content (AvgIpc) is 3.33. The van der Waals surface area contributed by atoms with Crippen molar-refractivity contribution in [2.45, 2.75) is 38.6 Å². The number of fused-ring (bicyclic) bond motifs is 1. The maximum absolute atomic E-state index is 12.7. The van der Waals surface area contributed by atoms with Crippen LogP contribution < -0.4 is 10.3 Å². The van der Waals surface area contributed by atoms with Crippen molar-refractivity contribution >= 4 is 22.2 Å². The van der Waals surface area contributed by atoms with E-state index in [-0.39, 0.29) is 30.0 Å². The molecule has 2 aromatic heterocycles. The van der Waals surface area contributed by atoms with Gasteiger partial charge in [-0.25, -0.2) is 4.98 Å². The third kappa shape index (κ3) is 3.64. The number of ether oxygens (including phenoxy) is 1. The van der Waals surface area contributed by atoms with Crippen LogP contribution in [0.15, 0.2) is 41.2 Å². The summed E-state index contributed by atoms with van der Waals surface area (Å²) in [6.07, 6.45) is 1.72. The van der Waals surface area contributed by atoms with Crippen LogP contribution in [-0.4, -0.2) is 38.6 Å². The fourth-order valence-corrected chi connectivity index (χ4v) is 4.40. The maximum Gasteiger partial charge on any atom is 0.275 e. The summed E-state index contributed by atoms with van der Waals surface area (Å²) >= 11 is 1.38. The van der Waals surface area contributed by atoms with Gasteiger partial charge < -0.3 is 9.64 Å². The van der Waals surface area contributed by atoms with Gasteiger partial charge in [-0.2, -0.15) is 9.61 Å². The molecule has 7 nitrogen and oxygen atoms in total. The third-order valence-electron chi connectivity index (χ3n) is 4.84.